The van der Waals surface area contributed by atoms with E-state index in [1.165, 1.54) is 41.2 Å². The number of nitrogens with zero attached hydrogens (tertiary/aromatic N) is 1. The highest BCUT2D eigenvalue weighted by atomic mass is 79.9. The monoisotopic (exact) mass is 422 g/mol. The Morgan fingerprint density at radius 2 is 1.78 bits per heavy atom. The summed E-state index contributed by atoms with van der Waals surface area (Å²) >= 11 is 3.62. The van der Waals surface area contributed by atoms with Gasteiger partial charge in [-0.25, -0.2) is 0 Å². The van der Waals surface area contributed by atoms with Crippen molar-refractivity contribution in [2.24, 2.45) is 0 Å². The molecular weight excluding hydrogens is 396 g/mol. The first-order chi connectivity index (χ1) is 13.3. The summed E-state index contributed by atoms with van der Waals surface area (Å²) in [6.07, 6.45) is 3.94. The van der Waals surface area contributed by atoms with Gasteiger partial charge in [-0.05, 0) is 53.4 Å². The smallest absolute Gasteiger partial charge is 0.0244 e. The molecule has 3 aromatic rings. The normalized spacial score (nSPS) is 17.5. The Balaban J connectivity index is 1.58. The first kappa shape index (κ1) is 18.7. The maximum Gasteiger partial charge on any atom is 0.0244 e. The van der Waals surface area contributed by atoms with Crippen LogP contribution in [0, 0.1) is 0 Å². The Hall–Kier alpha value is -1.68. The van der Waals surface area contributed by atoms with Crippen LogP contribution in [0.15, 0.2) is 71.2 Å². The van der Waals surface area contributed by atoms with Crippen LogP contribution in [0.25, 0.3) is 10.8 Å². The van der Waals surface area contributed by atoms with E-state index in [1.54, 1.807) is 0 Å². The molecule has 27 heavy (non-hydrogen) atoms. The lowest BCUT2D eigenvalue weighted by Crippen LogP contribution is -2.43. The van der Waals surface area contributed by atoms with Gasteiger partial charge in [0.15, 0.2) is 0 Å². The molecule has 140 valence electrons. The fourth-order valence-corrected chi connectivity index (χ4v) is 4.59. The standard InChI is InChI=1S/C24H27BrN2/c25-22-11-5-7-19(15-22)16-27(18-23-12-3-4-14-26-23)17-21-10-6-9-20-8-1-2-13-24(20)21/h1-2,5-11,13,15,23,26H,3-4,12,14,16-18H2. The highest BCUT2D eigenvalue weighted by molar-refractivity contribution is 9.10. The molecular formula is C24H27BrN2. The van der Waals surface area contributed by atoms with Gasteiger partial charge >= 0.3 is 0 Å². The van der Waals surface area contributed by atoms with E-state index in [0.29, 0.717) is 6.04 Å². The van der Waals surface area contributed by atoms with E-state index in [9.17, 15) is 0 Å². The van der Waals surface area contributed by atoms with Crippen LogP contribution in [-0.4, -0.2) is 24.0 Å². The zero-order valence-electron chi connectivity index (χ0n) is 15.7. The highest BCUT2D eigenvalue weighted by Gasteiger charge is 2.18. The maximum absolute atomic E-state index is 3.72. The number of piperidine rings is 1. The molecule has 1 heterocycles. The minimum atomic E-state index is 0.598. The van der Waals surface area contributed by atoms with E-state index >= 15 is 0 Å². The van der Waals surface area contributed by atoms with Gasteiger partial charge < -0.3 is 5.32 Å². The fraction of sp³-hybridized carbons (Fsp3) is 0.333. The number of halogens is 1. The minimum Gasteiger partial charge on any atom is -0.313 e. The Kier molecular flexibility index (Phi) is 6.23. The van der Waals surface area contributed by atoms with Crippen LogP contribution >= 0.6 is 15.9 Å². The van der Waals surface area contributed by atoms with Gasteiger partial charge in [0.25, 0.3) is 0 Å². The van der Waals surface area contributed by atoms with E-state index in [4.69, 9.17) is 0 Å². The van der Waals surface area contributed by atoms with Crippen molar-refractivity contribution < 1.29 is 0 Å². The van der Waals surface area contributed by atoms with Crippen molar-refractivity contribution in [1.29, 1.82) is 0 Å². The van der Waals surface area contributed by atoms with E-state index < -0.39 is 0 Å². The molecule has 0 amide bonds. The number of nitrogens with one attached hydrogen (secondary N) is 1. The van der Waals surface area contributed by atoms with Crippen molar-refractivity contribution in [2.75, 3.05) is 13.1 Å². The summed E-state index contributed by atoms with van der Waals surface area (Å²) in [5.74, 6) is 0. The van der Waals surface area contributed by atoms with Gasteiger partial charge in [0.1, 0.15) is 0 Å². The van der Waals surface area contributed by atoms with Gasteiger partial charge in [-0.3, -0.25) is 4.90 Å². The molecule has 1 aliphatic heterocycles. The molecule has 1 unspecified atom stereocenters. The predicted molar refractivity (Wildman–Crippen MR) is 118 cm³/mol. The van der Waals surface area contributed by atoms with Crippen LogP contribution in [0.1, 0.15) is 30.4 Å². The lowest BCUT2D eigenvalue weighted by atomic mass is 10.0. The Morgan fingerprint density at radius 1 is 0.926 bits per heavy atom. The number of hydrogen-bond acceptors (Lipinski definition) is 2. The molecule has 0 radical (unpaired) electrons. The molecule has 3 heteroatoms. The third-order valence-corrected chi connectivity index (χ3v) is 5.95. The van der Waals surface area contributed by atoms with Crippen molar-refractivity contribution in [1.82, 2.24) is 10.2 Å². The summed E-state index contributed by atoms with van der Waals surface area (Å²) in [6, 6.07) is 24.7. The maximum atomic E-state index is 3.72. The molecule has 3 aromatic carbocycles. The molecule has 0 bridgehead atoms. The van der Waals surface area contributed by atoms with E-state index in [-0.39, 0.29) is 0 Å². The molecule has 2 nitrogen and oxygen atoms in total. The van der Waals surface area contributed by atoms with Crippen LogP contribution in [0.3, 0.4) is 0 Å². The molecule has 0 aliphatic carbocycles. The third kappa shape index (κ3) is 4.98. The molecule has 0 spiro atoms. The molecule has 0 aromatic heterocycles. The number of hydrogen-bond donors (Lipinski definition) is 1. The van der Waals surface area contributed by atoms with Crippen molar-refractivity contribution in [2.45, 2.75) is 38.4 Å². The van der Waals surface area contributed by atoms with Gasteiger partial charge in [-0.15, -0.1) is 0 Å². The average molecular weight is 423 g/mol. The SMILES string of the molecule is Brc1cccc(CN(Cc2cccc3ccccc23)CC2CCCCN2)c1. The largest absolute Gasteiger partial charge is 0.313 e. The summed E-state index contributed by atoms with van der Waals surface area (Å²) in [5, 5.41) is 6.42. The molecule has 1 fully saturated rings. The van der Waals surface area contributed by atoms with Gasteiger partial charge in [-0.1, -0.05) is 76.9 Å². The topological polar surface area (TPSA) is 15.3 Å². The van der Waals surface area contributed by atoms with Gasteiger partial charge in [-0.2, -0.15) is 0 Å². The van der Waals surface area contributed by atoms with Crippen molar-refractivity contribution >= 4 is 26.7 Å². The average Bonchev–Trinajstić information content (AvgIpc) is 2.69. The van der Waals surface area contributed by atoms with Crippen molar-refractivity contribution in [3.63, 3.8) is 0 Å². The van der Waals surface area contributed by atoms with Gasteiger partial charge in [0.05, 0.1) is 0 Å². The van der Waals surface area contributed by atoms with Crippen molar-refractivity contribution in [3.8, 4) is 0 Å². The number of fused-ring (bicyclic) bond motifs is 1. The summed E-state index contributed by atoms with van der Waals surface area (Å²) in [7, 11) is 0. The Bertz CT molecular complexity index is 881. The van der Waals surface area contributed by atoms with Crippen LogP contribution in [0.5, 0.6) is 0 Å². The summed E-state index contributed by atoms with van der Waals surface area (Å²) in [6.45, 7) is 4.20. The number of benzene rings is 3. The molecule has 1 saturated heterocycles. The fourth-order valence-electron chi connectivity index (χ4n) is 4.14. The lowest BCUT2D eigenvalue weighted by Gasteiger charge is -2.31. The third-order valence-electron chi connectivity index (χ3n) is 5.46. The molecule has 1 atom stereocenters. The highest BCUT2D eigenvalue weighted by Crippen LogP contribution is 2.22. The Labute approximate surface area is 170 Å². The first-order valence-corrected chi connectivity index (χ1v) is 10.7. The minimum absolute atomic E-state index is 0.598. The summed E-state index contributed by atoms with van der Waals surface area (Å²) in [4.78, 5) is 2.60. The number of rotatable bonds is 6. The second-order valence-electron chi connectivity index (χ2n) is 7.58. The van der Waals surface area contributed by atoms with Crippen LogP contribution in [0.4, 0.5) is 0 Å². The van der Waals surface area contributed by atoms with Crippen LogP contribution < -0.4 is 5.32 Å². The summed E-state index contributed by atoms with van der Waals surface area (Å²) in [5.41, 5.74) is 2.78. The molecule has 1 N–H and O–H groups in total. The quantitative estimate of drug-likeness (QED) is 0.544. The van der Waals surface area contributed by atoms with Crippen LogP contribution in [-0.2, 0) is 13.1 Å². The Morgan fingerprint density at radius 3 is 2.63 bits per heavy atom. The van der Waals surface area contributed by atoms with Crippen molar-refractivity contribution in [3.05, 3.63) is 82.3 Å². The molecule has 4 rings (SSSR count). The zero-order valence-corrected chi connectivity index (χ0v) is 17.3. The molecule has 1 aliphatic rings. The van der Waals surface area contributed by atoms with E-state index in [2.05, 4.69) is 92.9 Å². The van der Waals surface area contributed by atoms with Crippen LogP contribution in [0.2, 0.25) is 0 Å². The molecule has 0 saturated carbocycles. The first-order valence-electron chi connectivity index (χ1n) is 9.95. The predicted octanol–water partition coefficient (Wildman–Crippen LogP) is 5.75. The lowest BCUT2D eigenvalue weighted by molar-refractivity contribution is 0.210. The summed E-state index contributed by atoms with van der Waals surface area (Å²) < 4.78 is 1.15. The second kappa shape index (κ2) is 9.01. The van der Waals surface area contributed by atoms with Gasteiger partial charge in [0.2, 0.25) is 0 Å². The second-order valence-corrected chi connectivity index (χ2v) is 8.50. The zero-order chi connectivity index (χ0) is 18.5. The van der Waals surface area contributed by atoms with E-state index in [0.717, 1.165) is 30.7 Å². The van der Waals surface area contributed by atoms with E-state index in [1.807, 2.05) is 0 Å². The van der Waals surface area contributed by atoms with Gasteiger partial charge in [0, 0.05) is 30.1 Å².